The Morgan fingerprint density at radius 1 is 1.54 bits per heavy atom. The third kappa shape index (κ3) is 4.60. The standard InChI is InChI=1S/C10H20O3/c1-8(11)5-9(2)13-7-10-3-4-12-6-10/h8-11H,3-7H2,1-2H3. The van der Waals surface area contributed by atoms with Crippen molar-refractivity contribution in [2.45, 2.75) is 38.9 Å². The van der Waals surface area contributed by atoms with E-state index < -0.39 is 0 Å². The van der Waals surface area contributed by atoms with E-state index in [4.69, 9.17) is 14.6 Å². The van der Waals surface area contributed by atoms with Gasteiger partial charge in [0, 0.05) is 12.5 Å². The van der Waals surface area contributed by atoms with E-state index in [0.29, 0.717) is 12.3 Å². The number of rotatable bonds is 5. The molecule has 3 heteroatoms. The van der Waals surface area contributed by atoms with Gasteiger partial charge in [0.2, 0.25) is 0 Å². The fraction of sp³-hybridized carbons (Fsp3) is 1.00. The van der Waals surface area contributed by atoms with Gasteiger partial charge in [0.05, 0.1) is 25.4 Å². The van der Waals surface area contributed by atoms with E-state index in [2.05, 4.69) is 0 Å². The minimum atomic E-state index is -0.269. The van der Waals surface area contributed by atoms with Crippen LogP contribution in [-0.2, 0) is 9.47 Å². The van der Waals surface area contributed by atoms with E-state index in [1.165, 1.54) is 0 Å². The third-order valence-electron chi connectivity index (χ3n) is 2.31. The minimum absolute atomic E-state index is 0.153. The van der Waals surface area contributed by atoms with Crippen molar-refractivity contribution in [3.05, 3.63) is 0 Å². The molecule has 0 aromatic heterocycles. The van der Waals surface area contributed by atoms with Crippen LogP contribution in [0.5, 0.6) is 0 Å². The van der Waals surface area contributed by atoms with Crippen LogP contribution in [0.4, 0.5) is 0 Å². The van der Waals surface area contributed by atoms with E-state index in [1.54, 1.807) is 6.92 Å². The molecular weight excluding hydrogens is 168 g/mol. The molecule has 0 bridgehead atoms. The summed E-state index contributed by atoms with van der Waals surface area (Å²) in [5.41, 5.74) is 0. The van der Waals surface area contributed by atoms with Crippen LogP contribution in [0.1, 0.15) is 26.7 Å². The lowest BCUT2D eigenvalue weighted by atomic mass is 10.1. The van der Waals surface area contributed by atoms with Gasteiger partial charge < -0.3 is 14.6 Å². The van der Waals surface area contributed by atoms with E-state index in [9.17, 15) is 0 Å². The first-order valence-electron chi connectivity index (χ1n) is 5.06. The molecule has 1 heterocycles. The van der Waals surface area contributed by atoms with Crippen molar-refractivity contribution in [1.29, 1.82) is 0 Å². The van der Waals surface area contributed by atoms with E-state index >= 15 is 0 Å². The van der Waals surface area contributed by atoms with E-state index in [-0.39, 0.29) is 12.2 Å². The minimum Gasteiger partial charge on any atom is -0.393 e. The first kappa shape index (κ1) is 11.0. The van der Waals surface area contributed by atoms with Gasteiger partial charge in [-0.1, -0.05) is 0 Å². The van der Waals surface area contributed by atoms with Crippen molar-refractivity contribution in [2.75, 3.05) is 19.8 Å². The Hall–Kier alpha value is -0.120. The molecule has 1 aliphatic rings. The van der Waals surface area contributed by atoms with E-state index in [0.717, 1.165) is 26.2 Å². The van der Waals surface area contributed by atoms with Gasteiger partial charge in [-0.25, -0.2) is 0 Å². The lowest BCUT2D eigenvalue weighted by Gasteiger charge is -2.16. The molecule has 78 valence electrons. The van der Waals surface area contributed by atoms with Crippen LogP contribution in [0, 0.1) is 5.92 Å². The molecule has 0 radical (unpaired) electrons. The summed E-state index contributed by atoms with van der Waals surface area (Å²) in [5, 5.41) is 9.11. The van der Waals surface area contributed by atoms with Crippen LogP contribution in [0.2, 0.25) is 0 Å². The summed E-state index contributed by atoms with van der Waals surface area (Å²) < 4.78 is 10.8. The number of aliphatic hydroxyl groups excluding tert-OH is 1. The summed E-state index contributed by atoms with van der Waals surface area (Å²) >= 11 is 0. The Balaban J connectivity index is 2.03. The Labute approximate surface area is 80.0 Å². The third-order valence-corrected chi connectivity index (χ3v) is 2.31. The van der Waals surface area contributed by atoms with Gasteiger partial charge in [0.15, 0.2) is 0 Å². The average Bonchev–Trinajstić information content (AvgIpc) is 2.51. The van der Waals surface area contributed by atoms with Crippen LogP contribution in [0.15, 0.2) is 0 Å². The average molecular weight is 188 g/mol. The Morgan fingerprint density at radius 2 is 2.31 bits per heavy atom. The van der Waals surface area contributed by atoms with Gasteiger partial charge in [0.25, 0.3) is 0 Å². The molecule has 0 aromatic rings. The van der Waals surface area contributed by atoms with Crippen LogP contribution in [-0.4, -0.2) is 37.1 Å². The maximum absolute atomic E-state index is 9.11. The van der Waals surface area contributed by atoms with Crippen molar-refractivity contribution in [3.8, 4) is 0 Å². The maximum atomic E-state index is 9.11. The summed E-state index contributed by atoms with van der Waals surface area (Å²) in [5.74, 6) is 0.566. The molecule has 0 amide bonds. The molecule has 1 fully saturated rings. The van der Waals surface area contributed by atoms with Gasteiger partial charge in [-0.2, -0.15) is 0 Å². The zero-order valence-electron chi connectivity index (χ0n) is 8.53. The van der Waals surface area contributed by atoms with Crippen LogP contribution in [0.25, 0.3) is 0 Å². The van der Waals surface area contributed by atoms with Crippen molar-refractivity contribution >= 4 is 0 Å². The fourth-order valence-electron chi connectivity index (χ4n) is 1.56. The fourth-order valence-corrected chi connectivity index (χ4v) is 1.56. The molecule has 1 rings (SSSR count). The molecule has 1 N–H and O–H groups in total. The van der Waals surface area contributed by atoms with Gasteiger partial charge in [-0.05, 0) is 26.7 Å². The van der Waals surface area contributed by atoms with Crippen molar-refractivity contribution in [3.63, 3.8) is 0 Å². The zero-order valence-corrected chi connectivity index (χ0v) is 8.53. The number of aliphatic hydroxyl groups is 1. The smallest absolute Gasteiger partial charge is 0.0571 e. The maximum Gasteiger partial charge on any atom is 0.0571 e. The lowest BCUT2D eigenvalue weighted by molar-refractivity contribution is 0.00923. The second kappa shape index (κ2) is 5.58. The summed E-state index contributed by atoms with van der Waals surface area (Å²) in [6, 6.07) is 0. The van der Waals surface area contributed by atoms with E-state index in [1.807, 2.05) is 6.92 Å². The molecule has 3 atom stereocenters. The Bertz CT molecular complexity index is 130. The molecular formula is C10H20O3. The summed E-state index contributed by atoms with van der Waals surface area (Å²) in [6.07, 6.45) is 1.71. The number of hydrogen-bond acceptors (Lipinski definition) is 3. The van der Waals surface area contributed by atoms with Crippen molar-refractivity contribution in [2.24, 2.45) is 5.92 Å². The summed E-state index contributed by atoms with van der Waals surface area (Å²) in [6.45, 7) is 6.27. The second-order valence-electron chi connectivity index (χ2n) is 3.96. The summed E-state index contributed by atoms with van der Waals surface area (Å²) in [4.78, 5) is 0. The predicted octanol–water partition coefficient (Wildman–Crippen LogP) is 1.20. The van der Waals surface area contributed by atoms with Crippen LogP contribution >= 0.6 is 0 Å². The molecule has 0 saturated carbocycles. The lowest BCUT2D eigenvalue weighted by Crippen LogP contribution is -2.19. The first-order valence-corrected chi connectivity index (χ1v) is 5.06. The van der Waals surface area contributed by atoms with Gasteiger partial charge in [-0.15, -0.1) is 0 Å². The highest BCUT2D eigenvalue weighted by atomic mass is 16.5. The number of ether oxygens (including phenoxy) is 2. The topological polar surface area (TPSA) is 38.7 Å². The molecule has 0 aliphatic carbocycles. The Kier molecular flexibility index (Phi) is 4.70. The zero-order chi connectivity index (χ0) is 9.68. The predicted molar refractivity (Wildman–Crippen MR) is 50.6 cm³/mol. The van der Waals surface area contributed by atoms with Crippen molar-refractivity contribution < 1.29 is 14.6 Å². The van der Waals surface area contributed by atoms with Gasteiger partial charge in [0.1, 0.15) is 0 Å². The molecule has 3 unspecified atom stereocenters. The second-order valence-corrected chi connectivity index (χ2v) is 3.96. The highest BCUT2D eigenvalue weighted by Gasteiger charge is 2.17. The largest absolute Gasteiger partial charge is 0.393 e. The van der Waals surface area contributed by atoms with Crippen LogP contribution < -0.4 is 0 Å². The van der Waals surface area contributed by atoms with Crippen LogP contribution in [0.3, 0.4) is 0 Å². The number of hydrogen-bond donors (Lipinski definition) is 1. The monoisotopic (exact) mass is 188 g/mol. The SMILES string of the molecule is CC(O)CC(C)OCC1CCOC1. The summed E-state index contributed by atoms with van der Waals surface area (Å²) in [7, 11) is 0. The molecule has 0 spiro atoms. The Morgan fingerprint density at radius 3 is 2.85 bits per heavy atom. The molecule has 3 nitrogen and oxygen atoms in total. The molecule has 1 aliphatic heterocycles. The molecule has 13 heavy (non-hydrogen) atoms. The quantitative estimate of drug-likeness (QED) is 0.704. The molecule has 0 aromatic carbocycles. The van der Waals surface area contributed by atoms with Gasteiger partial charge >= 0.3 is 0 Å². The highest BCUT2D eigenvalue weighted by molar-refractivity contribution is 4.64. The normalized spacial score (nSPS) is 27.5. The van der Waals surface area contributed by atoms with Gasteiger partial charge in [-0.3, -0.25) is 0 Å². The molecule has 1 saturated heterocycles. The first-order chi connectivity index (χ1) is 6.18. The van der Waals surface area contributed by atoms with Crippen molar-refractivity contribution in [1.82, 2.24) is 0 Å². The highest BCUT2D eigenvalue weighted by Crippen LogP contribution is 2.14.